The molecule has 2 atom stereocenters. The Morgan fingerprint density at radius 3 is 2.79 bits per heavy atom. The van der Waals surface area contributed by atoms with Crippen molar-refractivity contribution >= 4 is 10.9 Å². The molecular weight excluding hydrogens is 431 g/mol. The Bertz CT molecular complexity index is 1310. The van der Waals surface area contributed by atoms with Gasteiger partial charge < -0.3 is 10.5 Å². The number of nitrogens with two attached hydrogens (primary N) is 1. The molecule has 2 aromatic heterocycles. The summed E-state index contributed by atoms with van der Waals surface area (Å²) in [6.07, 6.45) is 11.6. The van der Waals surface area contributed by atoms with Crippen LogP contribution in [0.1, 0.15) is 44.3 Å². The van der Waals surface area contributed by atoms with Crippen LogP contribution in [0.2, 0.25) is 0 Å². The SMILES string of the molecule is CCOc1c(-c2ccc3c(cnn3C)c2)c(C2(F)C=CC=CC2C#N)nn1C1CCC(N)CC1. The van der Waals surface area contributed by atoms with Crippen molar-refractivity contribution in [1.82, 2.24) is 19.6 Å². The molecule has 8 heteroatoms. The van der Waals surface area contributed by atoms with Gasteiger partial charge in [0.05, 0.1) is 36.0 Å². The van der Waals surface area contributed by atoms with E-state index in [0.717, 1.165) is 42.1 Å². The fraction of sp³-hybridized carbons (Fsp3) is 0.423. The van der Waals surface area contributed by atoms with E-state index in [-0.39, 0.29) is 17.8 Å². The van der Waals surface area contributed by atoms with E-state index in [2.05, 4.69) is 11.2 Å². The van der Waals surface area contributed by atoms with Crippen LogP contribution in [0.5, 0.6) is 5.88 Å². The third kappa shape index (κ3) is 3.61. The van der Waals surface area contributed by atoms with Crippen LogP contribution in [0.15, 0.2) is 48.7 Å². The summed E-state index contributed by atoms with van der Waals surface area (Å²) in [5, 5.41) is 19.9. The zero-order valence-corrected chi connectivity index (χ0v) is 19.5. The smallest absolute Gasteiger partial charge is 0.220 e. The summed E-state index contributed by atoms with van der Waals surface area (Å²) in [6, 6.07) is 8.25. The van der Waals surface area contributed by atoms with Crippen LogP contribution in [-0.4, -0.2) is 32.2 Å². The van der Waals surface area contributed by atoms with E-state index in [9.17, 15) is 5.26 Å². The summed E-state index contributed by atoms with van der Waals surface area (Å²) in [5.41, 5.74) is 6.63. The normalized spacial score (nSPS) is 26.6. The Morgan fingerprint density at radius 1 is 1.26 bits per heavy atom. The molecule has 1 aromatic carbocycles. The quantitative estimate of drug-likeness (QED) is 0.595. The third-order valence-corrected chi connectivity index (χ3v) is 6.98. The van der Waals surface area contributed by atoms with Crippen molar-refractivity contribution in [3.63, 3.8) is 0 Å². The average molecular weight is 461 g/mol. The van der Waals surface area contributed by atoms with Gasteiger partial charge >= 0.3 is 0 Å². The van der Waals surface area contributed by atoms with Crippen molar-refractivity contribution in [2.75, 3.05) is 6.61 Å². The number of nitriles is 1. The number of benzene rings is 1. The predicted molar refractivity (Wildman–Crippen MR) is 129 cm³/mol. The number of ether oxygens (including phenoxy) is 1. The Morgan fingerprint density at radius 2 is 2.06 bits per heavy atom. The van der Waals surface area contributed by atoms with E-state index < -0.39 is 11.6 Å². The van der Waals surface area contributed by atoms with Crippen LogP contribution >= 0.6 is 0 Å². The first kappa shape index (κ1) is 22.4. The summed E-state index contributed by atoms with van der Waals surface area (Å²) >= 11 is 0. The first-order valence-electron chi connectivity index (χ1n) is 11.8. The third-order valence-electron chi connectivity index (χ3n) is 6.98. The van der Waals surface area contributed by atoms with Gasteiger partial charge in [-0.1, -0.05) is 24.3 Å². The molecule has 0 aliphatic heterocycles. The van der Waals surface area contributed by atoms with E-state index in [1.807, 2.05) is 36.9 Å². The number of hydrogen-bond acceptors (Lipinski definition) is 5. The number of alkyl halides is 1. The molecule has 2 N–H and O–H groups in total. The average Bonchev–Trinajstić information content (AvgIpc) is 3.41. The minimum atomic E-state index is -2.08. The second kappa shape index (κ2) is 8.73. The van der Waals surface area contributed by atoms with Crippen molar-refractivity contribution in [3.05, 3.63) is 54.4 Å². The summed E-state index contributed by atoms with van der Waals surface area (Å²) < 4.78 is 26.6. The standard InChI is InChI=1S/C26H29FN6O/c1-3-34-25-23(17-7-12-22-18(14-17)16-30-32(22)2)24(26(27)13-5-4-6-19(26)15-28)31-33(25)21-10-8-20(29)9-11-21/h4-7,12-14,16,19-21H,3,8-11,29H2,1-2H3. The second-order valence-corrected chi connectivity index (χ2v) is 9.14. The molecule has 1 saturated carbocycles. The molecule has 5 rings (SSSR count). The Balaban J connectivity index is 1.75. The largest absolute Gasteiger partial charge is 0.478 e. The lowest BCUT2D eigenvalue weighted by molar-refractivity contribution is 0.186. The maximum Gasteiger partial charge on any atom is 0.220 e. The molecule has 2 aliphatic rings. The number of aryl methyl sites for hydroxylation is 1. The first-order chi connectivity index (χ1) is 16.5. The fourth-order valence-corrected chi connectivity index (χ4v) is 5.11. The van der Waals surface area contributed by atoms with Gasteiger partial charge in [-0.2, -0.15) is 15.5 Å². The maximum absolute atomic E-state index is 16.8. The van der Waals surface area contributed by atoms with Gasteiger partial charge in [0.15, 0.2) is 5.67 Å². The van der Waals surface area contributed by atoms with Crippen LogP contribution in [0.25, 0.3) is 22.0 Å². The lowest BCUT2D eigenvalue weighted by Crippen LogP contribution is -2.30. The molecule has 0 amide bonds. The molecule has 34 heavy (non-hydrogen) atoms. The highest BCUT2D eigenvalue weighted by molar-refractivity contribution is 5.86. The van der Waals surface area contributed by atoms with Crippen LogP contribution in [0.3, 0.4) is 0 Å². The van der Waals surface area contributed by atoms with Gasteiger partial charge in [0.1, 0.15) is 11.6 Å². The molecule has 176 valence electrons. The van der Waals surface area contributed by atoms with Gasteiger partial charge in [-0.15, -0.1) is 0 Å². The molecule has 0 bridgehead atoms. The van der Waals surface area contributed by atoms with Crippen molar-refractivity contribution in [3.8, 4) is 23.1 Å². The molecule has 0 radical (unpaired) electrons. The highest BCUT2D eigenvalue weighted by atomic mass is 19.1. The first-order valence-corrected chi connectivity index (χ1v) is 11.8. The van der Waals surface area contributed by atoms with Crippen molar-refractivity contribution in [2.24, 2.45) is 18.7 Å². The van der Waals surface area contributed by atoms with Crippen LogP contribution in [0, 0.1) is 17.2 Å². The van der Waals surface area contributed by atoms with Crippen LogP contribution in [-0.2, 0) is 12.7 Å². The van der Waals surface area contributed by atoms with Gasteiger partial charge in [0.25, 0.3) is 0 Å². The molecule has 0 spiro atoms. The Hall–Kier alpha value is -3.44. The highest BCUT2D eigenvalue weighted by Crippen LogP contribution is 2.48. The molecule has 0 saturated heterocycles. The van der Waals surface area contributed by atoms with Crippen molar-refractivity contribution in [2.45, 2.75) is 50.4 Å². The second-order valence-electron chi connectivity index (χ2n) is 9.14. The summed E-state index contributed by atoms with van der Waals surface area (Å²) in [4.78, 5) is 0. The molecule has 1 fully saturated rings. The van der Waals surface area contributed by atoms with E-state index in [0.29, 0.717) is 18.1 Å². The molecule has 2 unspecified atom stereocenters. The molecule has 7 nitrogen and oxygen atoms in total. The number of aromatic nitrogens is 4. The van der Waals surface area contributed by atoms with Crippen molar-refractivity contribution in [1.29, 1.82) is 5.26 Å². The number of fused-ring (bicyclic) bond motifs is 1. The monoisotopic (exact) mass is 460 g/mol. The van der Waals surface area contributed by atoms with Gasteiger partial charge in [-0.05, 0) is 56.4 Å². The highest BCUT2D eigenvalue weighted by Gasteiger charge is 2.45. The minimum Gasteiger partial charge on any atom is -0.478 e. The fourth-order valence-electron chi connectivity index (χ4n) is 5.11. The minimum absolute atomic E-state index is 0.0585. The molecule has 2 heterocycles. The lowest BCUT2D eigenvalue weighted by atomic mass is 9.81. The van der Waals surface area contributed by atoms with E-state index in [1.54, 1.807) is 29.1 Å². The number of halogens is 1. The van der Waals surface area contributed by atoms with Crippen molar-refractivity contribution < 1.29 is 9.13 Å². The number of hydrogen-bond donors (Lipinski definition) is 1. The molecular formula is C26H29FN6O. The van der Waals surface area contributed by atoms with Gasteiger partial charge in [0.2, 0.25) is 5.88 Å². The number of nitrogens with zero attached hydrogens (tertiary/aromatic N) is 5. The summed E-state index contributed by atoms with van der Waals surface area (Å²) in [5.74, 6) is -0.450. The van der Waals surface area contributed by atoms with E-state index >= 15 is 4.39 Å². The Labute approximate surface area is 198 Å². The van der Waals surface area contributed by atoms with Gasteiger partial charge in [-0.25, -0.2) is 9.07 Å². The van der Waals surface area contributed by atoms with Crippen LogP contribution in [0.4, 0.5) is 4.39 Å². The topological polar surface area (TPSA) is 94.7 Å². The lowest BCUT2D eigenvalue weighted by Gasteiger charge is -2.27. The predicted octanol–water partition coefficient (Wildman–Crippen LogP) is 4.71. The number of rotatable bonds is 5. The Kier molecular flexibility index (Phi) is 5.74. The summed E-state index contributed by atoms with van der Waals surface area (Å²) in [7, 11) is 1.89. The van der Waals surface area contributed by atoms with E-state index in [4.69, 9.17) is 15.6 Å². The van der Waals surface area contributed by atoms with Gasteiger partial charge in [0, 0.05) is 18.5 Å². The summed E-state index contributed by atoms with van der Waals surface area (Å²) in [6.45, 7) is 2.32. The number of allylic oxidation sites excluding steroid dienone is 4. The van der Waals surface area contributed by atoms with E-state index in [1.165, 1.54) is 6.08 Å². The zero-order chi connectivity index (χ0) is 23.9. The maximum atomic E-state index is 16.8. The van der Waals surface area contributed by atoms with Gasteiger partial charge in [-0.3, -0.25) is 4.68 Å². The molecule has 2 aliphatic carbocycles. The van der Waals surface area contributed by atoms with Crippen LogP contribution < -0.4 is 10.5 Å². The molecule has 3 aromatic rings. The zero-order valence-electron chi connectivity index (χ0n) is 19.5.